The highest BCUT2D eigenvalue weighted by Crippen LogP contribution is 2.33. The van der Waals surface area contributed by atoms with Crippen molar-refractivity contribution in [1.82, 2.24) is 0 Å². The quantitative estimate of drug-likeness (QED) is 0.878. The number of nitrogens with two attached hydrogens (primary N) is 1. The van der Waals surface area contributed by atoms with Gasteiger partial charge in [-0.25, -0.2) is 4.39 Å². The zero-order valence-electron chi connectivity index (χ0n) is 10.9. The number of ether oxygens (including phenoxy) is 1. The van der Waals surface area contributed by atoms with E-state index in [2.05, 4.69) is 0 Å². The fourth-order valence-corrected chi connectivity index (χ4v) is 2.18. The van der Waals surface area contributed by atoms with Gasteiger partial charge in [0.1, 0.15) is 17.3 Å². The van der Waals surface area contributed by atoms with Crippen LogP contribution in [0, 0.1) is 5.82 Å². The Labute approximate surface area is 127 Å². The Balaban J connectivity index is 2.34. The second-order valence-electron chi connectivity index (χ2n) is 4.61. The van der Waals surface area contributed by atoms with E-state index in [1.807, 2.05) is 13.0 Å². The third-order valence-corrected chi connectivity index (χ3v) is 3.22. The maximum atomic E-state index is 13.0. The van der Waals surface area contributed by atoms with Crippen LogP contribution in [0.1, 0.15) is 12.5 Å². The van der Waals surface area contributed by atoms with Crippen LogP contribution in [0.2, 0.25) is 10.0 Å². The highest BCUT2D eigenvalue weighted by molar-refractivity contribution is 6.32. The Hall–Kier alpha value is -1.29. The summed E-state index contributed by atoms with van der Waals surface area (Å²) in [6, 6.07) is 9.29. The van der Waals surface area contributed by atoms with Crippen molar-refractivity contribution in [2.45, 2.75) is 19.4 Å². The fourth-order valence-electron chi connectivity index (χ4n) is 1.82. The monoisotopic (exact) mass is 313 g/mol. The van der Waals surface area contributed by atoms with Crippen LogP contribution in [-0.4, -0.2) is 6.04 Å². The lowest BCUT2D eigenvalue weighted by atomic mass is 10.1. The van der Waals surface area contributed by atoms with Gasteiger partial charge in [-0.3, -0.25) is 0 Å². The Morgan fingerprint density at radius 3 is 2.55 bits per heavy atom. The average molecular weight is 314 g/mol. The smallest absolute Gasteiger partial charge is 0.146 e. The Bertz CT molecular complexity index is 617. The first-order chi connectivity index (χ1) is 9.45. The molecule has 0 aliphatic heterocycles. The van der Waals surface area contributed by atoms with Crippen LogP contribution in [0.15, 0.2) is 36.4 Å². The molecule has 2 aromatic rings. The molecule has 1 atom stereocenters. The second kappa shape index (κ2) is 6.44. The summed E-state index contributed by atoms with van der Waals surface area (Å²) in [4.78, 5) is 0. The Morgan fingerprint density at radius 1 is 1.15 bits per heavy atom. The molecule has 0 heterocycles. The van der Waals surface area contributed by atoms with Crippen molar-refractivity contribution >= 4 is 23.2 Å². The van der Waals surface area contributed by atoms with Gasteiger partial charge in [0.25, 0.3) is 0 Å². The van der Waals surface area contributed by atoms with Gasteiger partial charge in [-0.05, 0) is 49.2 Å². The van der Waals surface area contributed by atoms with Crippen molar-refractivity contribution < 1.29 is 9.13 Å². The molecule has 0 amide bonds. The molecule has 2 nitrogen and oxygen atoms in total. The normalized spacial score (nSPS) is 12.2. The minimum absolute atomic E-state index is 0.0118. The van der Waals surface area contributed by atoms with Crippen LogP contribution in [0.4, 0.5) is 4.39 Å². The molecule has 106 valence electrons. The fraction of sp³-hybridized carbons (Fsp3) is 0.200. The Morgan fingerprint density at radius 2 is 1.90 bits per heavy atom. The molecular weight excluding hydrogens is 300 g/mol. The molecule has 0 fully saturated rings. The summed E-state index contributed by atoms with van der Waals surface area (Å²) < 4.78 is 18.8. The zero-order chi connectivity index (χ0) is 14.7. The molecule has 2 N–H and O–H groups in total. The first-order valence-electron chi connectivity index (χ1n) is 6.12. The topological polar surface area (TPSA) is 35.2 Å². The van der Waals surface area contributed by atoms with E-state index < -0.39 is 5.82 Å². The molecule has 0 spiro atoms. The average Bonchev–Trinajstić information content (AvgIpc) is 2.35. The molecule has 0 aliphatic rings. The van der Waals surface area contributed by atoms with Crippen LogP contribution in [0.3, 0.4) is 0 Å². The molecule has 20 heavy (non-hydrogen) atoms. The maximum Gasteiger partial charge on any atom is 0.146 e. The third kappa shape index (κ3) is 3.85. The van der Waals surface area contributed by atoms with E-state index in [-0.39, 0.29) is 11.1 Å². The molecule has 2 aromatic carbocycles. The molecule has 0 radical (unpaired) electrons. The lowest BCUT2D eigenvalue weighted by molar-refractivity contribution is 0.472. The summed E-state index contributed by atoms with van der Waals surface area (Å²) >= 11 is 11.9. The van der Waals surface area contributed by atoms with Crippen molar-refractivity contribution in [3.8, 4) is 11.5 Å². The summed E-state index contributed by atoms with van der Waals surface area (Å²) in [7, 11) is 0. The third-order valence-electron chi connectivity index (χ3n) is 2.68. The van der Waals surface area contributed by atoms with E-state index >= 15 is 0 Å². The van der Waals surface area contributed by atoms with E-state index in [0.717, 1.165) is 5.56 Å². The van der Waals surface area contributed by atoms with Crippen molar-refractivity contribution in [3.05, 3.63) is 57.8 Å². The van der Waals surface area contributed by atoms with Gasteiger partial charge in [-0.2, -0.15) is 0 Å². The van der Waals surface area contributed by atoms with Gasteiger partial charge in [0.05, 0.1) is 5.02 Å². The van der Waals surface area contributed by atoms with Gasteiger partial charge in [0.15, 0.2) is 0 Å². The minimum Gasteiger partial charge on any atom is -0.455 e. The SMILES string of the molecule is CC(N)Cc1ccc(Cl)cc1Oc1ccc(F)cc1Cl. The predicted octanol–water partition coefficient (Wildman–Crippen LogP) is 4.81. The van der Waals surface area contributed by atoms with Crippen molar-refractivity contribution in [2.75, 3.05) is 0 Å². The van der Waals surface area contributed by atoms with E-state index in [0.29, 0.717) is 22.9 Å². The van der Waals surface area contributed by atoms with E-state index in [1.54, 1.807) is 12.1 Å². The van der Waals surface area contributed by atoms with Crippen LogP contribution >= 0.6 is 23.2 Å². The Kier molecular flexibility index (Phi) is 4.86. The molecule has 0 bridgehead atoms. The number of hydrogen-bond acceptors (Lipinski definition) is 2. The first-order valence-corrected chi connectivity index (χ1v) is 6.88. The summed E-state index contributed by atoms with van der Waals surface area (Å²) in [5.74, 6) is 0.536. The maximum absolute atomic E-state index is 13.0. The van der Waals surface area contributed by atoms with Crippen LogP contribution in [-0.2, 0) is 6.42 Å². The molecule has 0 saturated heterocycles. The van der Waals surface area contributed by atoms with Crippen molar-refractivity contribution in [3.63, 3.8) is 0 Å². The van der Waals surface area contributed by atoms with Gasteiger partial charge >= 0.3 is 0 Å². The van der Waals surface area contributed by atoms with Gasteiger partial charge in [0, 0.05) is 11.1 Å². The van der Waals surface area contributed by atoms with E-state index in [1.165, 1.54) is 18.2 Å². The lowest BCUT2D eigenvalue weighted by Gasteiger charge is -2.14. The van der Waals surface area contributed by atoms with Gasteiger partial charge < -0.3 is 10.5 Å². The summed E-state index contributed by atoms with van der Waals surface area (Å²) in [6.45, 7) is 1.91. The van der Waals surface area contributed by atoms with Crippen LogP contribution < -0.4 is 10.5 Å². The number of hydrogen-bond donors (Lipinski definition) is 1. The summed E-state index contributed by atoms with van der Waals surface area (Å²) in [5.41, 5.74) is 6.73. The predicted molar refractivity (Wildman–Crippen MR) is 80.3 cm³/mol. The first kappa shape index (κ1) is 15.1. The molecule has 0 aromatic heterocycles. The van der Waals surface area contributed by atoms with Gasteiger partial charge in [-0.1, -0.05) is 29.3 Å². The molecule has 5 heteroatoms. The summed E-state index contributed by atoms with van der Waals surface area (Å²) in [5, 5.41) is 0.753. The van der Waals surface area contributed by atoms with Crippen LogP contribution in [0.5, 0.6) is 11.5 Å². The van der Waals surface area contributed by atoms with Crippen LogP contribution in [0.25, 0.3) is 0 Å². The standard InChI is InChI=1S/C15H14Cl2FNO/c1-9(19)6-10-2-3-11(16)7-15(10)20-14-5-4-12(18)8-13(14)17/h2-5,7-9H,6,19H2,1H3. The highest BCUT2D eigenvalue weighted by Gasteiger charge is 2.11. The largest absolute Gasteiger partial charge is 0.455 e. The highest BCUT2D eigenvalue weighted by atomic mass is 35.5. The number of halogens is 3. The molecule has 0 saturated carbocycles. The van der Waals surface area contributed by atoms with E-state index in [4.69, 9.17) is 33.7 Å². The van der Waals surface area contributed by atoms with Gasteiger partial charge in [-0.15, -0.1) is 0 Å². The zero-order valence-corrected chi connectivity index (χ0v) is 12.4. The lowest BCUT2D eigenvalue weighted by Crippen LogP contribution is -2.18. The molecule has 0 aliphatic carbocycles. The minimum atomic E-state index is -0.413. The molecule has 1 unspecified atom stereocenters. The molecule has 2 rings (SSSR count). The number of rotatable bonds is 4. The summed E-state index contributed by atoms with van der Waals surface area (Å²) in [6.07, 6.45) is 0.644. The van der Waals surface area contributed by atoms with Crippen molar-refractivity contribution in [1.29, 1.82) is 0 Å². The van der Waals surface area contributed by atoms with E-state index in [9.17, 15) is 4.39 Å². The second-order valence-corrected chi connectivity index (χ2v) is 5.45. The van der Waals surface area contributed by atoms with Gasteiger partial charge in [0.2, 0.25) is 0 Å². The molecular formula is C15H14Cl2FNO. The number of benzene rings is 2. The van der Waals surface area contributed by atoms with Crippen molar-refractivity contribution in [2.24, 2.45) is 5.73 Å².